The van der Waals surface area contributed by atoms with Crippen molar-refractivity contribution in [1.82, 2.24) is 5.01 Å². The minimum absolute atomic E-state index is 0.0403. The van der Waals surface area contributed by atoms with E-state index < -0.39 is 0 Å². The molecule has 0 aromatic heterocycles. The predicted molar refractivity (Wildman–Crippen MR) is 115 cm³/mol. The average molecular weight is 425 g/mol. The van der Waals surface area contributed by atoms with Crippen LogP contribution in [0.4, 0.5) is 0 Å². The van der Waals surface area contributed by atoms with Gasteiger partial charge in [0.15, 0.2) is 0 Å². The fourth-order valence-electron chi connectivity index (χ4n) is 3.90. The van der Waals surface area contributed by atoms with Gasteiger partial charge in [0.05, 0.1) is 18.9 Å². The lowest BCUT2D eigenvalue weighted by Crippen LogP contribution is -2.33. The highest BCUT2D eigenvalue weighted by molar-refractivity contribution is 6.31. The van der Waals surface area contributed by atoms with E-state index in [1.807, 2.05) is 71.7 Å². The third kappa shape index (κ3) is 3.33. The van der Waals surface area contributed by atoms with Gasteiger partial charge in [0.2, 0.25) is 6.23 Å². The molecule has 0 unspecified atom stereocenters. The van der Waals surface area contributed by atoms with Crippen molar-refractivity contribution < 1.29 is 9.47 Å². The molecule has 3 aromatic rings. The fraction of sp³-hybridized carbons (Fsp3) is 0.174. The highest BCUT2D eigenvalue weighted by Crippen LogP contribution is 2.48. The third-order valence-electron chi connectivity index (χ3n) is 5.31. The molecule has 0 N–H and O–H groups in total. The molecule has 2 aliphatic rings. The molecule has 0 aliphatic carbocycles. The molecule has 3 aromatic carbocycles. The Morgan fingerprint density at radius 1 is 1.00 bits per heavy atom. The Bertz CT molecular complexity index is 1100. The summed E-state index contributed by atoms with van der Waals surface area (Å²) in [5.74, 6) is 1.65. The van der Waals surface area contributed by atoms with Gasteiger partial charge >= 0.3 is 0 Å². The number of hydrazone groups is 1. The molecule has 0 amide bonds. The van der Waals surface area contributed by atoms with Gasteiger partial charge in [-0.2, -0.15) is 5.10 Å². The van der Waals surface area contributed by atoms with Crippen LogP contribution in [0.15, 0.2) is 71.8 Å². The molecule has 5 rings (SSSR count). The monoisotopic (exact) mass is 424 g/mol. The third-order valence-corrected chi connectivity index (χ3v) is 5.78. The highest BCUT2D eigenvalue weighted by atomic mass is 35.5. The first kappa shape index (κ1) is 18.3. The lowest BCUT2D eigenvalue weighted by molar-refractivity contribution is -0.0190. The molecule has 0 bridgehead atoms. The molecule has 2 heterocycles. The van der Waals surface area contributed by atoms with Gasteiger partial charge in [0.1, 0.15) is 11.5 Å². The van der Waals surface area contributed by atoms with Gasteiger partial charge in [0.25, 0.3) is 0 Å². The maximum absolute atomic E-state index is 6.34. The molecular weight excluding hydrogens is 407 g/mol. The van der Waals surface area contributed by atoms with Crippen molar-refractivity contribution in [3.8, 4) is 11.5 Å². The number of halogens is 2. The molecule has 0 spiro atoms. The largest absolute Gasteiger partial charge is 0.497 e. The van der Waals surface area contributed by atoms with Crippen LogP contribution in [0.2, 0.25) is 10.0 Å². The second-order valence-corrected chi connectivity index (χ2v) is 7.96. The number of benzene rings is 3. The molecule has 0 saturated carbocycles. The van der Waals surface area contributed by atoms with E-state index in [4.69, 9.17) is 37.8 Å². The minimum Gasteiger partial charge on any atom is -0.497 e. The van der Waals surface area contributed by atoms with Crippen LogP contribution in [0, 0.1) is 0 Å². The minimum atomic E-state index is -0.358. The fourth-order valence-corrected chi connectivity index (χ4v) is 4.28. The summed E-state index contributed by atoms with van der Waals surface area (Å²) in [6.07, 6.45) is 0.406. The number of hydrogen-bond acceptors (Lipinski definition) is 4. The van der Waals surface area contributed by atoms with Crippen molar-refractivity contribution >= 4 is 28.9 Å². The summed E-state index contributed by atoms with van der Waals surface area (Å²) in [5.41, 5.74) is 4.07. The second-order valence-electron chi connectivity index (χ2n) is 7.08. The number of fused-ring (bicyclic) bond motifs is 3. The summed E-state index contributed by atoms with van der Waals surface area (Å²) >= 11 is 12.5. The van der Waals surface area contributed by atoms with Crippen LogP contribution in [-0.2, 0) is 0 Å². The summed E-state index contributed by atoms with van der Waals surface area (Å²) in [4.78, 5) is 0. The predicted octanol–water partition coefficient (Wildman–Crippen LogP) is 6.24. The van der Waals surface area contributed by atoms with E-state index in [9.17, 15) is 0 Å². The van der Waals surface area contributed by atoms with E-state index in [-0.39, 0.29) is 12.3 Å². The van der Waals surface area contributed by atoms with Crippen molar-refractivity contribution in [2.45, 2.75) is 18.7 Å². The molecule has 2 atom stereocenters. The normalized spacial score (nSPS) is 19.8. The maximum atomic E-state index is 6.34. The van der Waals surface area contributed by atoms with E-state index in [0.29, 0.717) is 10.0 Å². The topological polar surface area (TPSA) is 34.1 Å². The Balaban J connectivity index is 1.58. The average Bonchev–Trinajstić information content (AvgIpc) is 3.19. The van der Waals surface area contributed by atoms with Gasteiger partial charge in [-0.05, 0) is 60.2 Å². The van der Waals surface area contributed by atoms with Crippen molar-refractivity contribution in [3.63, 3.8) is 0 Å². The Kier molecular flexibility index (Phi) is 4.61. The lowest BCUT2D eigenvalue weighted by atomic mass is 9.96. The molecule has 4 nitrogen and oxygen atoms in total. The zero-order valence-electron chi connectivity index (χ0n) is 15.7. The quantitative estimate of drug-likeness (QED) is 0.498. The van der Waals surface area contributed by atoms with Gasteiger partial charge in [-0.3, -0.25) is 0 Å². The van der Waals surface area contributed by atoms with Gasteiger partial charge in [-0.15, -0.1) is 0 Å². The SMILES string of the molecule is COc1ccc(C2=NN3[C@@H](C2)c2cc(Cl)ccc2O[C@H]3c2cccc(Cl)c2)cc1. The van der Waals surface area contributed by atoms with Crippen LogP contribution in [0.25, 0.3) is 0 Å². The van der Waals surface area contributed by atoms with Crippen LogP contribution in [0.5, 0.6) is 11.5 Å². The van der Waals surface area contributed by atoms with E-state index >= 15 is 0 Å². The van der Waals surface area contributed by atoms with Crippen molar-refractivity contribution in [1.29, 1.82) is 0 Å². The van der Waals surface area contributed by atoms with Crippen molar-refractivity contribution in [2.75, 3.05) is 7.11 Å². The van der Waals surface area contributed by atoms with E-state index in [1.54, 1.807) is 7.11 Å². The number of methoxy groups -OCH3 is 1. The Hall–Kier alpha value is -2.69. The second kappa shape index (κ2) is 7.29. The Morgan fingerprint density at radius 2 is 1.79 bits per heavy atom. The first-order valence-electron chi connectivity index (χ1n) is 9.34. The van der Waals surface area contributed by atoms with Crippen LogP contribution in [-0.4, -0.2) is 17.8 Å². The van der Waals surface area contributed by atoms with Crippen LogP contribution in [0.3, 0.4) is 0 Å². The summed E-state index contributed by atoms with van der Waals surface area (Å²) < 4.78 is 11.6. The van der Waals surface area contributed by atoms with Gasteiger partial charge in [0, 0.05) is 27.6 Å². The summed E-state index contributed by atoms with van der Waals surface area (Å²) in [6, 6.07) is 21.5. The number of ether oxygens (including phenoxy) is 2. The van der Waals surface area contributed by atoms with Gasteiger partial charge in [-0.25, -0.2) is 5.01 Å². The Morgan fingerprint density at radius 3 is 2.55 bits per heavy atom. The molecule has 0 radical (unpaired) electrons. The molecular formula is C23H18Cl2N2O2. The summed E-state index contributed by atoms with van der Waals surface area (Å²) in [5, 5.41) is 8.32. The maximum Gasteiger partial charge on any atom is 0.213 e. The molecule has 146 valence electrons. The highest BCUT2D eigenvalue weighted by Gasteiger charge is 2.41. The van der Waals surface area contributed by atoms with Gasteiger partial charge < -0.3 is 9.47 Å². The summed E-state index contributed by atoms with van der Waals surface area (Å²) in [6.45, 7) is 0. The van der Waals surface area contributed by atoms with Gasteiger partial charge in [-0.1, -0.05) is 35.3 Å². The molecule has 0 fully saturated rings. The number of nitrogens with zero attached hydrogens (tertiary/aromatic N) is 2. The van der Waals surface area contributed by atoms with Crippen LogP contribution in [0.1, 0.15) is 35.4 Å². The lowest BCUT2D eigenvalue weighted by Gasteiger charge is -2.38. The molecule has 2 aliphatic heterocycles. The van der Waals surface area contributed by atoms with Crippen LogP contribution >= 0.6 is 23.2 Å². The smallest absolute Gasteiger partial charge is 0.213 e. The number of rotatable bonds is 3. The molecule has 6 heteroatoms. The zero-order chi connectivity index (χ0) is 20.0. The van der Waals surface area contributed by atoms with E-state index in [1.165, 1.54) is 0 Å². The zero-order valence-corrected chi connectivity index (χ0v) is 17.2. The summed E-state index contributed by atoms with van der Waals surface area (Å²) in [7, 11) is 1.66. The van der Waals surface area contributed by atoms with E-state index in [2.05, 4.69) is 0 Å². The van der Waals surface area contributed by atoms with Crippen molar-refractivity contribution in [3.05, 3.63) is 93.5 Å². The standard InChI is InChI=1S/C23H18Cl2N2O2/c1-28-18-8-5-14(6-9-18)20-13-21-19-12-17(25)7-10-22(19)29-23(27(21)26-20)15-3-2-4-16(24)11-15/h2-12,21,23H,13H2,1H3/t21-,23-/m0/s1. The molecule has 29 heavy (non-hydrogen) atoms. The molecule has 0 saturated heterocycles. The number of hydrogen-bond donors (Lipinski definition) is 0. The van der Waals surface area contributed by atoms with Crippen LogP contribution < -0.4 is 9.47 Å². The van der Waals surface area contributed by atoms with Crippen molar-refractivity contribution in [2.24, 2.45) is 5.10 Å². The van der Waals surface area contributed by atoms with E-state index in [0.717, 1.165) is 40.3 Å². The first-order chi connectivity index (χ1) is 14.1. The Labute approximate surface area is 179 Å². The first-order valence-corrected chi connectivity index (χ1v) is 10.1.